The lowest BCUT2D eigenvalue weighted by atomic mass is 10.1. The number of piperidine rings is 1. The minimum atomic E-state index is -0.0105. The van der Waals surface area contributed by atoms with Crippen molar-refractivity contribution in [3.8, 4) is 0 Å². The van der Waals surface area contributed by atoms with Gasteiger partial charge in [-0.15, -0.1) is 0 Å². The first-order valence-corrected chi connectivity index (χ1v) is 8.88. The number of aryl methyl sites for hydroxylation is 2. The van der Waals surface area contributed by atoms with Crippen LogP contribution in [0, 0.1) is 6.92 Å². The summed E-state index contributed by atoms with van der Waals surface area (Å²) >= 11 is 0. The average Bonchev–Trinajstić information content (AvgIpc) is 2.63. The fraction of sp³-hybridized carbons (Fsp3) is 0.333. The molecule has 0 unspecified atom stereocenters. The third-order valence-electron chi connectivity index (χ3n) is 4.59. The van der Waals surface area contributed by atoms with Crippen molar-refractivity contribution in [3.63, 3.8) is 0 Å². The number of hydrogen-bond donors (Lipinski definition) is 1. The molecule has 1 saturated heterocycles. The molecule has 25 heavy (non-hydrogen) atoms. The summed E-state index contributed by atoms with van der Waals surface area (Å²) in [5, 5.41) is 2.96. The maximum absolute atomic E-state index is 12.2. The van der Waals surface area contributed by atoms with E-state index in [1.807, 2.05) is 60.4 Å². The lowest BCUT2D eigenvalue weighted by molar-refractivity contribution is -0.119. The highest BCUT2D eigenvalue weighted by Gasteiger charge is 2.21. The summed E-state index contributed by atoms with van der Waals surface area (Å²) < 4.78 is 0. The SMILES string of the molecule is Cc1ccc(NC(=O)CCc2ccccc2)cc1N1CCCCC1=O. The van der Waals surface area contributed by atoms with Gasteiger partial charge < -0.3 is 10.2 Å². The standard InChI is InChI=1S/C21H24N2O2/c1-16-10-12-18(15-19(16)23-14-6-5-9-21(23)25)22-20(24)13-11-17-7-3-2-4-8-17/h2-4,7-8,10,12,15H,5-6,9,11,13-14H2,1H3,(H,22,24). The zero-order valence-corrected chi connectivity index (χ0v) is 14.6. The summed E-state index contributed by atoms with van der Waals surface area (Å²) in [6.07, 6.45) is 3.75. The van der Waals surface area contributed by atoms with Crippen molar-refractivity contribution in [2.45, 2.75) is 39.0 Å². The molecule has 0 aliphatic carbocycles. The fourth-order valence-corrected chi connectivity index (χ4v) is 3.16. The third kappa shape index (κ3) is 4.47. The van der Waals surface area contributed by atoms with E-state index in [1.165, 1.54) is 0 Å². The van der Waals surface area contributed by atoms with E-state index in [9.17, 15) is 9.59 Å². The molecule has 0 atom stereocenters. The Balaban J connectivity index is 1.65. The van der Waals surface area contributed by atoms with Crippen LogP contribution in [0.4, 0.5) is 11.4 Å². The topological polar surface area (TPSA) is 49.4 Å². The number of nitrogens with zero attached hydrogens (tertiary/aromatic N) is 1. The van der Waals surface area contributed by atoms with Crippen LogP contribution < -0.4 is 10.2 Å². The van der Waals surface area contributed by atoms with E-state index >= 15 is 0 Å². The lowest BCUT2D eigenvalue weighted by Crippen LogP contribution is -2.35. The Labute approximate surface area is 148 Å². The van der Waals surface area contributed by atoms with Gasteiger partial charge in [-0.1, -0.05) is 36.4 Å². The Hall–Kier alpha value is -2.62. The highest BCUT2D eigenvalue weighted by Crippen LogP contribution is 2.27. The van der Waals surface area contributed by atoms with Crippen LogP contribution in [0.15, 0.2) is 48.5 Å². The summed E-state index contributed by atoms with van der Waals surface area (Å²) in [4.78, 5) is 26.3. The van der Waals surface area contributed by atoms with Crippen LogP contribution in [-0.2, 0) is 16.0 Å². The second kappa shape index (κ2) is 7.97. The van der Waals surface area contributed by atoms with Crippen molar-refractivity contribution in [1.82, 2.24) is 0 Å². The first kappa shape index (κ1) is 17.2. The van der Waals surface area contributed by atoms with Crippen molar-refractivity contribution in [2.24, 2.45) is 0 Å². The van der Waals surface area contributed by atoms with Gasteiger partial charge in [-0.25, -0.2) is 0 Å². The molecule has 2 amide bonds. The van der Waals surface area contributed by atoms with Crippen LogP contribution >= 0.6 is 0 Å². The summed E-state index contributed by atoms with van der Waals surface area (Å²) in [5.74, 6) is 0.158. The van der Waals surface area contributed by atoms with Crippen molar-refractivity contribution < 1.29 is 9.59 Å². The van der Waals surface area contributed by atoms with Crippen molar-refractivity contribution >= 4 is 23.2 Å². The van der Waals surface area contributed by atoms with Crippen LogP contribution in [0.2, 0.25) is 0 Å². The Morgan fingerprint density at radius 1 is 1.12 bits per heavy atom. The number of amides is 2. The second-order valence-electron chi connectivity index (χ2n) is 6.54. The van der Waals surface area contributed by atoms with E-state index in [1.54, 1.807) is 0 Å². The molecule has 1 aliphatic heterocycles. The van der Waals surface area contributed by atoms with Gasteiger partial charge in [0.2, 0.25) is 11.8 Å². The van der Waals surface area contributed by atoms with Crippen LogP contribution in [0.25, 0.3) is 0 Å². The Bertz CT molecular complexity index is 756. The van der Waals surface area contributed by atoms with Gasteiger partial charge in [0, 0.05) is 30.8 Å². The van der Waals surface area contributed by atoms with Gasteiger partial charge >= 0.3 is 0 Å². The van der Waals surface area contributed by atoms with Crippen molar-refractivity contribution in [3.05, 3.63) is 59.7 Å². The second-order valence-corrected chi connectivity index (χ2v) is 6.54. The van der Waals surface area contributed by atoms with E-state index in [2.05, 4.69) is 5.32 Å². The fourth-order valence-electron chi connectivity index (χ4n) is 3.16. The molecule has 4 nitrogen and oxygen atoms in total. The number of benzene rings is 2. The molecule has 2 aromatic rings. The summed E-state index contributed by atoms with van der Waals surface area (Å²) in [6.45, 7) is 2.75. The number of carbonyl (C=O) groups is 2. The van der Waals surface area contributed by atoms with E-state index in [0.717, 1.165) is 48.3 Å². The molecule has 1 heterocycles. The van der Waals surface area contributed by atoms with Crippen LogP contribution in [0.3, 0.4) is 0 Å². The maximum atomic E-state index is 12.2. The van der Waals surface area contributed by atoms with Crippen molar-refractivity contribution in [2.75, 3.05) is 16.8 Å². The Morgan fingerprint density at radius 2 is 1.92 bits per heavy atom. The molecular formula is C21H24N2O2. The molecule has 0 saturated carbocycles. The highest BCUT2D eigenvalue weighted by atomic mass is 16.2. The van der Waals surface area contributed by atoms with Crippen molar-refractivity contribution in [1.29, 1.82) is 0 Å². The smallest absolute Gasteiger partial charge is 0.226 e. The summed E-state index contributed by atoms with van der Waals surface area (Å²) in [6, 6.07) is 15.8. The zero-order valence-electron chi connectivity index (χ0n) is 14.6. The molecule has 1 aliphatic rings. The van der Waals surface area contributed by atoms with Crippen LogP contribution in [0.5, 0.6) is 0 Å². The average molecular weight is 336 g/mol. The van der Waals surface area contributed by atoms with Crippen LogP contribution in [-0.4, -0.2) is 18.4 Å². The third-order valence-corrected chi connectivity index (χ3v) is 4.59. The molecular weight excluding hydrogens is 312 g/mol. The molecule has 3 rings (SSSR count). The number of anilines is 2. The zero-order chi connectivity index (χ0) is 17.6. The largest absolute Gasteiger partial charge is 0.326 e. The summed E-state index contributed by atoms with van der Waals surface area (Å²) in [7, 11) is 0. The van der Waals surface area contributed by atoms with E-state index < -0.39 is 0 Å². The van der Waals surface area contributed by atoms with Crippen LogP contribution in [0.1, 0.15) is 36.8 Å². The van der Waals surface area contributed by atoms with Gasteiger partial charge in [0.25, 0.3) is 0 Å². The number of carbonyl (C=O) groups excluding carboxylic acids is 2. The van der Waals surface area contributed by atoms with Gasteiger partial charge in [-0.05, 0) is 49.4 Å². The summed E-state index contributed by atoms with van der Waals surface area (Å²) in [5.41, 5.74) is 3.86. The molecule has 4 heteroatoms. The first-order chi connectivity index (χ1) is 12.1. The van der Waals surface area contributed by atoms with Gasteiger partial charge in [-0.3, -0.25) is 9.59 Å². The van der Waals surface area contributed by atoms with E-state index in [4.69, 9.17) is 0 Å². The Morgan fingerprint density at radius 3 is 2.68 bits per heavy atom. The van der Waals surface area contributed by atoms with Gasteiger partial charge in [0.1, 0.15) is 0 Å². The number of hydrogen-bond acceptors (Lipinski definition) is 2. The molecule has 0 aromatic heterocycles. The predicted octanol–water partition coefficient (Wildman–Crippen LogP) is 4.08. The minimum absolute atomic E-state index is 0.0105. The molecule has 1 fully saturated rings. The molecule has 1 N–H and O–H groups in total. The molecule has 2 aromatic carbocycles. The minimum Gasteiger partial charge on any atom is -0.326 e. The number of rotatable bonds is 5. The highest BCUT2D eigenvalue weighted by molar-refractivity contribution is 5.96. The molecule has 0 spiro atoms. The Kier molecular flexibility index (Phi) is 5.49. The molecule has 0 radical (unpaired) electrons. The molecule has 0 bridgehead atoms. The monoisotopic (exact) mass is 336 g/mol. The first-order valence-electron chi connectivity index (χ1n) is 8.88. The normalized spacial score (nSPS) is 14.4. The predicted molar refractivity (Wildman–Crippen MR) is 101 cm³/mol. The van der Waals surface area contributed by atoms with Gasteiger partial charge in [0.05, 0.1) is 0 Å². The van der Waals surface area contributed by atoms with E-state index in [0.29, 0.717) is 12.8 Å². The maximum Gasteiger partial charge on any atom is 0.226 e. The quantitative estimate of drug-likeness (QED) is 0.894. The molecule has 130 valence electrons. The lowest BCUT2D eigenvalue weighted by Gasteiger charge is -2.28. The van der Waals surface area contributed by atoms with E-state index in [-0.39, 0.29) is 11.8 Å². The van der Waals surface area contributed by atoms with Gasteiger partial charge in [-0.2, -0.15) is 0 Å². The van der Waals surface area contributed by atoms with Gasteiger partial charge in [0.15, 0.2) is 0 Å². The number of nitrogens with one attached hydrogen (secondary N) is 1.